The smallest absolute Gasteiger partial charge is 0.270 e. The van der Waals surface area contributed by atoms with Crippen molar-refractivity contribution < 1.29 is 9.59 Å². The number of nitrogens with zero attached hydrogens (tertiary/aromatic N) is 2. The van der Waals surface area contributed by atoms with Gasteiger partial charge >= 0.3 is 0 Å². The average molecular weight is 370 g/mol. The predicted octanol–water partition coefficient (Wildman–Crippen LogP) is 3.44. The standard InChI is InChI=1S/C22H18N4O2/c1-15-6-8-16(9-7-15)14-25-22(28)20-12-17(10-11-24-20)21(27)26-19-5-3-2-4-18(19)13-23/h2-12H,14H2,1H3,(H,25,28)(H,26,27). The summed E-state index contributed by atoms with van der Waals surface area (Å²) < 4.78 is 0. The monoisotopic (exact) mass is 370 g/mol. The molecule has 2 amide bonds. The highest BCUT2D eigenvalue weighted by atomic mass is 16.2. The molecule has 0 fully saturated rings. The summed E-state index contributed by atoms with van der Waals surface area (Å²) in [4.78, 5) is 28.9. The maximum absolute atomic E-state index is 12.5. The van der Waals surface area contributed by atoms with Crippen molar-refractivity contribution in [2.45, 2.75) is 13.5 Å². The zero-order chi connectivity index (χ0) is 19.9. The van der Waals surface area contributed by atoms with Crippen LogP contribution in [0.5, 0.6) is 0 Å². The zero-order valence-electron chi connectivity index (χ0n) is 15.3. The molecule has 6 heteroatoms. The zero-order valence-corrected chi connectivity index (χ0v) is 15.3. The number of aromatic nitrogens is 1. The second-order valence-electron chi connectivity index (χ2n) is 6.21. The first-order chi connectivity index (χ1) is 13.6. The van der Waals surface area contributed by atoms with Gasteiger partial charge in [-0.2, -0.15) is 5.26 Å². The highest BCUT2D eigenvalue weighted by Crippen LogP contribution is 2.15. The topological polar surface area (TPSA) is 94.9 Å². The molecule has 3 rings (SSSR count). The van der Waals surface area contributed by atoms with E-state index in [2.05, 4.69) is 15.6 Å². The molecule has 0 unspecified atom stereocenters. The molecular formula is C22H18N4O2. The van der Waals surface area contributed by atoms with Crippen molar-refractivity contribution in [3.63, 3.8) is 0 Å². The number of rotatable bonds is 5. The molecule has 138 valence electrons. The van der Waals surface area contributed by atoms with Gasteiger partial charge in [-0.1, -0.05) is 42.0 Å². The molecule has 6 nitrogen and oxygen atoms in total. The molecule has 2 N–H and O–H groups in total. The van der Waals surface area contributed by atoms with Gasteiger partial charge in [0, 0.05) is 18.3 Å². The van der Waals surface area contributed by atoms with E-state index in [0.717, 1.165) is 11.1 Å². The van der Waals surface area contributed by atoms with Gasteiger partial charge in [0.25, 0.3) is 11.8 Å². The SMILES string of the molecule is Cc1ccc(CNC(=O)c2cc(C(=O)Nc3ccccc3C#N)ccn2)cc1. The number of hydrogen-bond donors (Lipinski definition) is 2. The third-order valence-electron chi connectivity index (χ3n) is 4.12. The number of benzene rings is 2. The van der Waals surface area contributed by atoms with Crippen LogP contribution in [-0.2, 0) is 6.54 Å². The highest BCUT2D eigenvalue weighted by molar-refractivity contribution is 6.06. The van der Waals surface area contributed by atoms with Crippen molar-refractivity contribution in [3.05, 3.63) is 94.8 Å². The number of amides is 2. The van der Waals surface area contributed by atoms with Gasteiger partial charge in [-0.25, -0.2) is 0 Å². The number of nitrogens with one attached hydrogen (secondary N) is 2. The Labute approximate surface area is 162 Å². The van der Waals surface area contributed by atoms with Gasteiger partial charge in [-0.15, -0.1) is 0 Å². The Balaban J connectivity index is 1.69. The van der Waals surface area contributed by atoms with E-state index in [0.29, 0.717) is 17.8 Å². The van der Waals surface area contributed by atoms with E-state index in [1.54, 1.807) is 24.3 Å². The Morgan fingerprint density at radius 3 is 2.54 bits per heavy atom. The number of carbonyl (C=O) groups is 2. The lowest BCUT2D eigenvalue weighted by molar-refractivity contribution is 0.0946. The third kappa shape index (κ3) is 4.59. The Kier molecular flexibility index (Phi) is 5.78. The summed E-state index contributed by atoms with van der Waals surface area (Å²) in [6, 6.07) is 19.5. The Hall–Kier alpha value is -3.98. The predicted molar refractivity (Wildman–Crippen MR) is 106 cm³/mol. The molecule has 28 heavy (non-hydrogen) atoms. The summed E-state index contributed by atoms with van der Waals surface area (Å²) in [6.45, 7) is 2.37. The molecule has 1 aromatic heterocycles. The van der Waals surface area contributed by atoms with Crippen molar-refractivity contribution in [2.24, 2.45) is 0 Å². The lowest BCUT2D eigenvalue weighted by atomic mass is 10.1. The van der Waals surface area contributed by atoms with Crippen LogP contribution in [0.1, 0.15) is 37.5 Å². The maximum Gasteiger partial charge on any atom is 0.270 e. The summed E-state index contributed by atoms with van der Waals surface area (Å²) in [6.07, 6.45) is 1.41. The van der Waals surface area contributed by atoms with Crippen LogP contribution in [0.25, 0.3) is 0 Å². The maximum atomic E-state index is 12.5. The summed E-state index contributed by atoms with van der Waals surface area (Å²) in [5, 5.41) is 14.6. The van der Waals surface area contributed by atoms with E-state index in [-0.39, 0.29) is 17.2 Å². The molecule has 0 saturated carbocycles. The van der Waals surface area contributed by atoms with Crippen molar-refractivity contribution in [1.82, 2.24) is 10.3 Å². The first-order valence-corrected chi connectivity index (χ1v) is 8.67. The largest absolute Gasteiger partial charge is 0.347 e. The number of nitriles is 1. The van der Waals surface area contributed by atoms with Gasteiger partial charge in [-0.3, -0.25) is 14.6 Å². The van der Waals surface area contributed by atoms with Crippen LogP contribution >= 0.6 is 0 Å². The number of para-hydroxylation sites is 1. The molecule has 0 aliphatic carbocycles. The Morgan fingerprint density at radius 1 is 1.04 bits per heavy atom. The quantitative estimate of drug-likeness (QED) is 0.719. The fourth-order valence-electron chi connectivity index (χ4n) is 2.56. The summed E-state index contributed by atoms with van der Waals surface area (Å²) in [5.41, 5.74) is 3.32. The number of hydrogen-bond acceptors (Lipinski definition) is 4. The van der Waals surface area contributed by atoms with E-state index < -0.39 is 5.91 Å². The summed E-state index contributed by atoms with van der Waals surface area (Å²) >= 11 is 0. The Bertz CT molecular complexity index is 1050. The van der Waals surface area contributed by atoms with Crippen LogP contribution in [0.2, 0.25) is 0 Å². The van der Waals surface area contributed by atoms with Gasteiger partial charge in [0.05, 0.1) is 11.3 Å². The van der Waals surface area contributed by atoms with Gasteiger partial charge in [0.2, 0.25) is 0 Å². The minimum Gasteiger partial charge on any atom is -0.347 e. The Morgan fingerprint density at radius 2 is 1.79 bits per heavy atom. The number of anilines is 1. The highest BCUT2D eigenvalue weighted by Gasteiger charge is 2.13. The molecule has 3 aromatic rings. The molecular weight excluding hydrogens is 352 g/mol. The average Bonchev–Trinajstić information content (AvgIpc) is 2.73. The van der Waals surface area contributed by atoms with E-state index >= 15 is 0 Å². The van der Waals surface area contributed by atoms with Gasteiger partial charge in [0.1, 0.15) is 11.8 Å². The van der Waals surface area contributed by atoms with Crippen LogP contribution < -0.4 is 10.6 Å². The van der Waals surface area contributed by atoms with Crippen LogP contribution in [0.3, 0.4) is 0 Å². The number of pyridine rings is 1. The molecule has 0 radical (unpaired) electrons. The molecule has 0 atom stereocenters. The van der Waals surface area contributed by atoms with Crippen molar-refractivity contribution in [2.75, 3.05) is 5.32 Å². The molecule has 0 bridgehead atoms. The second kappa shape index (κ2) is 8.60. The second-order valence-corrected chi connectivity index (χ2v) is 6.21. The molecule has 0 saturated heterocycles. The first kappa shape index (κ1) is 18.8. The summed E-state index contributed by atoms with van der Waals surface area (Å²) in [5.74, 6) is -0.787. The summed E-state index contributed by atoms with van der Waals surface area (Å²) in [7, 11) is 0. The van der Waals surface area contributed by atoms with E-state index in [1.165, 1.54) is 18.3 Å². The lowest BCUT2D eigenvalue weighted by Crippen LogP contribution is -2.24. The molecule has 0 aliphatic rings. The minimum absolute atomic E-state index is 0.147. The van der Waals surface area contributed by atoms with E-state index in [1.807, 2.05) is 37.3 Å². The normalized spacial score (nSPS) is 10.0. The van der Waals surface area contributed by atoms with Gasteiger partial charge in [-0.05, 0) is 36.8 Å². The van der Waals surface area contributed by atoms with Crippen molar-refractivity contribution >= 4 is 17.5 Å². The number of carbonyl (C=O) groups excluding carboxylic acids is 2. The minimum atomic E-state index is -0.419. The van der Waals surface area contributed by atoms with Crippen LogP contribution in [0, 0.1) is 18.3 Å². The molecule has 1 heterocycles. The van der Waals surface area contributed by atoms with Crippen LogP contribution in [-0.4, -0.2) is 16.8 Å². The van der Waals surface area contributed by atoms with Crippen LogP contribution in [0.15, 0.2) is 66.9 Å². The van der Waals surface area contributed by atoms with E-state index in [9.17, 15) is 9.59 Å². The van der Waals surface area contributed by atoms with Gasteiger partial charge in [0.15, 0.2) is 0 Å². The molecule has 0 aliphatic heterocycles. The molecule has 2 aromatic carbocycles. The van der Waals surface area contributed by atoms with E-state index in [4.69, 9.17) is 5.26 Å². The van der Waals surface area contributed by atoms with Crippen LogP contribution in [0.4, 0.5) is 5.69 Å². The van der Waals surface area contributed by atoms with Crippen molar-refractivity contribution in [3.8, 4) is 6.07 Å². The molecule has 0 spiro atoms. The first-order valence-electron chi connectivity index (χ1n) is 8.67. The lowest BCUT2D eigenvalue weighted by Gasteiger charge is -2.08. The third-order valence-corrected chi connectivity index (χ3v) is 4.12. The van der Waals surface area contributed by atoms with Gasteiger partial charge < -0.3 is 10.6 Å². The fourth-order valence-corrected chi connectivity index (χ4v) is 2.56. The number of aryl methyl sites for hydroxylation is 1. The fraction of sp³-hybridized carbons (Fsp3) is 0.0909. The van der Waals surface area contributed by atoms with Crippen molar-refractivity contribution in [1.29, 1.82) is 5.26 Å².